The van der Waals surface area contributed by atoms with Crippen molar-refractivity contribution < 1.29 is 29.1 Å². The molecule has 0 aromatic heterocycles. The van der Waals surface area contributed by atoms with E-state index in [0.717, 1.165) is 5.56 Å². The third-order valence-corrected chi connectivity index (χ3v) is 5.72. The van der Waals surface area contributed by atoms with E-state index in [9.17, 15) is 29.1 Å². The minimum absolute atomic E-state index is 0.309. The Morgan fingerprint density at radius 2 is 1.76 bits per heavy atom. The summed E-state index contributed by atoms with van der Waals surface area (Å²) in [6, 6.07) is 4.97. The minimum atomic E-state index is -1.37. The highest BCUT2D eigenvalue weighted by atomic mass is 16.4. The summed E-state index contributed by atoms with van der Waals surface area (Å²) in [7, 11) is 0. The van der Waals surface area contributed by atoms with Gasteiger partial charge in [-0.3, -0.25) is 19.2 Å². The molecule has 1 aromatic rings. The third kappa shape index (κ3) is 7.27. The van der Waals surface area contributed by atoms with Crippen LogP contribution in [0.5, 0.6) is 0 Å². The first-order chi connectivity index (χ1) is 16.0. The van der Waals surface area contributed by atoms with Crippen molar-refractivity contribution in [3.05, 3.63) is 35.9 Å². The topological polar surface area (TPSA) is 185 Å². The average molecular weight is 476 g/mol. The highest BCUT2D eigenvalue weighted by Crippen LogP contribution is 2.19. The molecular formula is C23H33N5O6. The predicted molar refractivity (Wildman–Crippen MR) is 123 cm³/mol. The van der Waals surface area contributed by atoms with Crippen LogP contribution in [0, 0.1) is 5.92 Å². The van der Waals surface area contributed by atoms with Crippen molar-refractivity contribution in [2.24, 2.45) is 17.4 Å². The Bertz CT molecular complexity index is 906. The first-order valence-corrected chi connectivity index (χ1v) is 11.2. The lowest BCUT2D eigenvalue weighted by atomic mass is 10.0. The molecule has 11 nitrogen and oxygen atoms in total. The van der Waals surface area contributed by atoms with Crippen LogP contribution in [0.1, 0.15) is 38.7 Å². The average Bonchev–Trinajstić information content (AvgIpc) is 3.26. The Morgan fingerprint density at radius 3 is 2.32 bits per heavy atom. The zero-order chi connectivity index (χ0) is 25.4. The second-order valence-electron chi connectivity index (χ2n) is 8.79. The monoisotopic (exact) mass is 475 g/mol. The Morgan fingerprint density at radius 1 is 1.12 bits per heavy atom. The maximum Gasteiger partial charge on any atom is 0.326 e. The van der Waals surface area contributed by atoms with Gasteiger partial charge < -0.3 is 32.1 Å². The molecule has 186 valence electrons. The maximum absolute atomic E-state index is 13.0. The van der Waals surface area contributed by atoms with Gasteiger partial charge in [0.05, 0.1) is 12.5 Å². The number of carbonyl (C=O) groups excluding carboxylic acids is 4. The van der Waals surface area contributed by atoms with Gasteiger partial charge in [0, 0.05) is 6.54 Å². The second kappa shape index (κ2) is 12.1. The van der Waals surface area contributed by atoms with Crippen LogP contribution >= 0.6 is 0 Å². The van der Waals surface area contributed by atoms with Crippen LogP contribution in [0.4, 0.5) is 0 Å². The van der Waals surface area contributed by atoms with E-state index in [1.165, 1.54) is 4.90 Å². The Kier molecular flexibility index (Phi) is 9.55. The molecule has 2 rings (SSSR count). The molecule has 0 saturated carbocycles. The molecule has 0 aliphatic carbocycles. The standard InChI is InChI=1S/C23H33N5O6/c1-13(2)19(23(33)34)27-20(30)16(12-18(25)29)26-21(31)17-9-6-10-28(17)22(32)15(24)11-14-7-4-3-5-8-14/h3-5,7-8,13,15-17,19H,6,9-12,24H2,1-2H3,(H2,25,29)(H,26,31)(H,27,30)(H,33,34). The zero-order valence-corrected chi connectivity index (χ0v) is 19.4. The van der Waals surface area contributed by atoms with E-state index in [-0.39, 0.29) is 5.91 Å². The lowest BCUT2D eigenvalue weighted by Gasteiger charge is -2.28. The molecule has 4 unspecified atom stereocenters. The van der Waals surface area contributed by atoms with E-state index < -0.39 is 60.2 Å². The number of nitrogens with two attached hydrogens (primary N) is 2. The van der Waals surface area contributed by atoms with Crippen LogP contribution in [0.3, 0.4) is 0 Å². The molecule has 7 N–H and O–H groups in total. The molecule has 1 saturated heterocycles. The minimum Gasteiger partial charge on any atom is -0.480 e. The van der Waals surface area contributed by atoms with Gasteiger partial charge in [-0.15, -0.1) is 0 Å². The van der Waals surface area contributed by atoms with Crippen LogP contribution < -0.4 is 22.1 Å². The summed E-state index contributed by atoms with van der Waals surface area (Å²) in [6.45, 7) is 3.56. The first-order valence-electron chi connectivity index (χ1n) is 11.2. The van der Waals surface area contributed by atoms with E-state index in [1.54, 1.807) is 13.8 Å². The van der Waals surface area contributed by atoms with E-state index in [4.69, 9.17) is 11.5 Å². The number of nitrogens with zero attached hydrogens (tertiary/aromatic N) is 1. The predicted octanol–water partition coefficient (Wildman–Crippen LogP) is -0.867. The van der Waals surface area contributed by atoms with E-state index in [0.29, 0.717) is 25.8 Å². The fraction of sp³-hybridized carbons (Fsp3) is 0.522. The molecule has 1 heterocycles. The van der Waals surface area contributed by atoms with Crippen molar-refractivity contribution in [1.82, 2.24) is 15.5 Å². The van der Waals surface area contributed by atoms with Crippen LogP contribution in [0.15, 0.2) is 30.3 Å². The number of likely N-dealkylation sites (tertiary alicyclic amines) is 1. The molecule has 0 bridgehead atoms. The second-order valence-corrected chi connectivity index (χ2v) is 8.79. The van der Waals surface area contributed by atoms with Crippen LogP contribution in [0.25, 0.3) is 0 Å². The van der Waals surface area contributed by atoms with Crippen molar-refractivity contribution in [2.75, 3.05) is 6.54 Å². The molecular weight excluding hydrogens is 442 g/mol. The molecule has 4 atom stereocenters. The zero-order valence-electron chi connectivity index (χ0n) is 19.4. The molecule has 34 heavy (non-hydrogen) atoms. The summed E-state index contributed by atoms with van der Waals surface area (Å²) in [6.07, 6.45) is 0.729. The van der Waals surface area contributed by atoms with E-state index in [2.05, 4.69) is 10.6 Å². The summed E-state index contributed by atoms with van der Waals surface area (Å²) < 4.78 is 0. The van der Waals surface area contributed by atoms with Crippen LogP contribution in [-0.4, -0.2) is 70.3 Å². The fourth-order valence-electron chi connectivity index (χ4n) is 3.92. The summed E-state index contributed by atoms with van der Waals surface area (Å²) >= 11 is 0. The van der Waals surface area contributed by atoms with Crippen molar-refractivity contribution in [3.8, 4) is 0 Å². The van der Waals surface area contributed by atoms with Gasteiger partial charge in [0.15, 0.2) is 0 Å². The van der Waals surface area contributed by atoms with Gasteiger partial charge in [-0.25, -0.2) is 4.79 Å². The quantitative estimate of drug-likeness (QED) is 0.275. The van der Waals surface area contributed by atoms with Crippen molar-refractivity contribution in [2.45, 2.75) is 63.7 Å². The summed E-state index contributed by atoms with van der Waals surface area (Å²) in [4.78, 5) is 62.9. The number of aliphatic carboxylic acids is 1. The van der Waals surface area contributed by atoms with Crippen LogP contribution in [0.2, 0.25) is 0 Å². The maximum atomic E-state index is 13.0. The van der Waals surface area contributed by atoms with Gasteiger partial charge in [0.25, 0.3) is 0 Å². The molecule has 4 amide bonds. The lowest BCUT2D eigenvalue weighted by Crippen LogP contribution is -2.58. The van der Waals surface area contributed by atoms with Crippen LogP contribution in [-0.2, 0) is 30.4 Å². The number of hydrogen-bond donors (Lipinski definition) is 5. The number of carboxylic acid groups (broad SMARTS) is 1. The molecule has 1 aromatic carbocycles. The van der Waals surface area contributed by atoms with E-state index >= 15 is 0 Å². The number of amides is 4. The van der Waals surface area contributed by atoms with Gasteiger partial charge in [-0.05, 0) is 30.7 Å². The normalized spacial score (nSPS) is 18.1. The first kappa shape index (κ1) is 26.8. The summed E-state index contributed by atoms with van der Waals surface area (Å²) in [5.74, 6) is -4.38. The number of hydrogen-bond acceptors (Lipinski definition) is 6. The lowest BCUT2D eigenvalue weighted by molar-refractivity contribution is -0.144. The SMILES string of the molecule is CC(C)C(NC(=O)C(CC(N)=O)NC(=O)C1CCCN1C(=O)C(N)Cc1ccccc1)C(=O)O. The number of carbonyl (C=O) groups is 5. The smallest absolute Gasteiger partial charge is 0.326 e. The number of rotatable bonds is 11. The number of carboxylic acids is 1. The molecule has 1 aliphatic rings. The number of benzene rings is 1. The molecule has 0 spiro atoms. The highest BCUT2D eigenvalue weighted by molar-refractivity contribution is 5.96. The molecule has 11 heteroatoms. The Labute approximate surface area is 198 Å². The molecule has 1 aliphatic heterocycles. The summed E-state index contributed by atoms with van der Waals surface area (Å²) in [5, 5.41) is 14.1. The van der Waals surface area contributed by atoms with Crippen molar-refractivity contribution in [1.29, 1.82) is 0 Å². The highest BCUT2D eigenvalue weighted by Gasteiger charge is 2.38. The molecule has 1 fully saturated rings. The van der Waals surface area contributed by atoms with Gasteiger partial charge >= 0.3 is 5.97 Å². The number of nitrogens with one attached hydrogen (secondary N) is 2. The Hall–Kier alpha value is -3.47. The number of primary amides is 1. The van der Waals surface area contributed by atoms with Crippen molar-refractivity contribution in [3.63, 3.8) is 0 Å². The molecule has 0 radical (unpaired) electrons. The van der Waals surface area contributed by atoms with Gasteiger partial charge in [-0.1, -0.05) is 44.2 Å². The van der Waals surface area contributed by atoms with E-state index in [1.807, 2.05) is 30.3 Å². The summed E-state index contributed by atoms with van der Waals surface area (Å²) in [5.41, 5.74) is 12.2. The fourth-order valence-corrected chi connectivity index (χ4v) is 3.92. The largest absolute Gasteiger partial charge is 0.480 e. The Balaban J connectivity index is 2.09. The van der Waals surface area contributed by atoms with Crippen molar-refractivity contribution >= 4 is 29.6 Å². The third-order valence-electron chi connectivity index (χ3n) is 5.72. The van der Waals surface area contributed by atoms with Gasteiger partial charge in [0.2, 0.25) is 23.6 Å². The van der Waals surface area contributed by atoms with Gasteiger partial charge in [0.1, 0.15) is 18.1 Å². The van der Waals surface area contributed by atoms with Gasteiger partial charge in [-0.2, -0.15) is 0 Å².